The summed E-state index contributed by atoms with van der Waals surface area (Å²) in [5, 5.41) is 3.45. The van der Waals surface area contributed by atoms with Crippen molar-refractivity contribution in [1.29, 1.82) is 0 Å². The van der Waals surface area contributed by atoms with Crippen LogP contribution in [0.25, 0.3) is 0 Å². The number of hydrogen-bond acceptors (Lipinski definition) is 2. The zero-order valence-corrected chi connectivity index (χ0v) is 11.6. The van der Waals surface area contributed by atoms with Crippen molar-refractivity contribution < 1.29 is 4.74 Å². The first-order valence-corrected chi connectivity index (χ1v) is 6.76. The third-order valence-electron chi connectivity index (χ3n) is 2.99. The third-order valence-corrected chi connectivity index (χ3v) is 2.99. The molecule has 0 aliphatic heterocycles. The van der Waals surface area contributed by atoms with Crippen molar-refractivity contribution in [2.45, 2.75) is 26.9 Å². The summed E-state index contributed by atoms with van der Waals surface area (Å²) in [5.74, 6) is 0.942. The lowest BCUT2D eigenvalue weighted by molar-refractivity contribution is 0.340. The normalized spacial score (nSPS) is 10.4. The summed E-state index contributed by atoms with van der Waals surface area (Å²) in [6, 6.07) is 16.9. The summed E-state index contributed by atoms with van der Waals surface area (Å²) < 4.78 is 5.50. The molecule has 0 fully saturated rings. The van der Waals surface area contributed by atoms with Crippen LogP contribution in [0.1, 0.15) is 23.6 Å². The van der Waals surface area contributed by atoms with E-state index in [-0.39, 0.29) is 0 Å². The first kappa shape index (κ1) is 13.6. The second-order valence-corrected chi connectivity index (χ2v) is 4.67. The number of benzene rings is 2. The van der Waals surface area contributed by atoms with Crippen LogP contribution in [0.4, 0.5) is 0 Å². The first-order chi connectivity index (χ1) is 9.28. The Morgan fingerprint density at radius 2 is 1.68 bits per heavy atom. The van der Waals surface area contributed by atoms with Crippen LogP contribution >= 0.6 is 0 Å². The largest absolute Gasteiger partial charge is 0.494 e. The van der Waals surface area contributed by atoms with Crippen LogP contribution in [0.3, 0.4) is 0 Å². The molecule has 2 heteroatoms. The fraction of sp³-hybridized carbons (Fsp3) is 0.294. The lowest BCUT2D eigenvalue weighted by atomic mass is 10.1. The second kappa shape index (κ2) is 6.95. The molecule has 0 radical (unpaired) electrons. The molecule has 0 saturated heterocycles. The van der Waals surface area contributed by atoms with Gasteiger partial charge in [0.05, 0.1) is 6.61 Å². The maximum atomic E-state index is 5.50. The summed E-state index contributed by atoms with van der Waals surface area (Å²) in [6.07, 6.45) is 0. The number of ether oxygens (including phenoxy) is 1. The Morgan fingerprint density at radius 3 is 2.42 bits per heavy atom. The van der Waals surface area contributed by atoms with Gasteiger partial charge < -0.3 is 10.1 Å². The molecule has 2 aromatic rings. The van der Waals surface area contributed by atoms with Crippen molar-refractivity contribution in [2.75, 3.05) is 6.61 Å². The minimum atomic E-state index is 0.709. The van der Waals surface area contributed by atoms with E-state index >= 15 is 0 Å². The maximum Gasteiger partial charge on any atom is 0.119 e. The van der Waals surface area contributed by atoms with Gasteiger partial charge in [-0.1, -0.05) is 42.0 Å². The van der Waals surface area contributed by atoms with Crippen LogP contribution in [-0.2, 0) is 13.1 Å². The first-order valence-electron chi connectivity index (χ1n) is 6.76. The van der Waals surface area contributed by atoms with E-state index in [0.29, 0.717) is 6.61 Å². The van der Waals surface area contributed by atoms with Crippen molar-refractivity contribution >= 4 is 0 Å². The Balaban J connectivity index is 1.85. The quantitative estimate of drug-likeness (QED) is 0.850. The molecule has 0 amide bonds. The van der Waals surface area contributed by atoms with Crippen molar-refractivity contribution in [2.24, 2.45) is 0 Å². The second-order valence-electron chi connectivity index (χ2n) is 4.67. The molecule has 0 saturated carbocycles. The van der Waals surface area contributed by atoms with Gasteiger partial charge in [0.15, 0.2) is 0 Å². The van der Waals surface area contributed by atoms with Gasteiger partial charge in [-0.05, 0) is 37.1 Å². The fourth-order valence-electron chi connectivity index (χ4n) is 1.97. The molecule has 0 bridgehead atoms. The zero-order valence-electron chi connectivity index (χ0n) is 11.6. The van der Waals surface area contributed by atoms with Gasteiger partial charge in [-0.15, -0.1) is 0 Å². The molecule has 2 nitrogen and oxygen atoms in total. The summed E-state index contributed by atoms with van der Waals surface area (Å²) in [7, 11) is 0. The standard InChI is InChI=1S/C17H21NO/c1-3-19-17-6-4-5-16(11-17)13-18-12-15-9-7-14(2)8-10-15/h4-11,18H,3,12-13H2,1-2H3. The highest BCUT2D eigenvalue weighted by atomic mass is 16.5. The van der Waals surface area contributed by atoms with E-state index in [1.54, 1.807) is 0 Å². The minimum Gasteiger partial charge on any atom is -0.494 e. The molecule has 0 aliphatic carbocycles. The molecule has 100 valence electrons. The topological polar surface area (TPSA) is 21.3 Å². The Labute approximate surface area is 115 Å². The average Bonchev–Trinajstić information content (AvgIpc) is 2.42. The summed E-state index contributed by atoms with van der Waals surface area (Å²) in [5.41, 5.74) is 3.86. The van der Waals surface area contributed by atoms with Crippen LogP contribution in [0.2, 0.25) is 0 Å². The maximum absolute atomic E-state index is 5.50. The van der Waals surface area contributed by atoms with Gasteiger partial charge in [-0.2, -0.15) is 0 Å². The molecule has 0 unspecified atom stereocenters. The van der Waals surface area contributed by atoms with E-state index in [4.69, 9.17) is 4.74 Å². The fourth-order valence-corrected chi connectivity index (χ4v) is 1.97. The van der Waals surface area contributed by atoms with E-state index in [1.807, 2.05) is 19.1 Å². The predicted molar refractivity (Wildman–Crippen MR) is 79.3 cm³/mol. The van der Waals surface area contributed by atoms with Gasteiger partial charge in [0.25, 0.3) is 0 Å². The van der Waals surface area contributed by atoms with E-state index in [1.165, 1.54) is 16.7 Å². The molecule has 0 aliphatic rings. The smallest absolute Gasteiger partial charge is 0.119 e. The van der Waals surface area contributed by atoms with Crippen LogP contribution < -0.4 is 10.1 Å². The highest BCUT2D eigenvalue weighted by molar-refractivity contribution is 5.28. The summed E-state index contributed by atoms with van der Waals surface area (Å²) in [4.78, 5) is 0. The van der Waals surface area contributed by atoms with Crippen LogP contribution in [-0.4, -0.2) is 6.61 Å². The molecule has 0 atom stereocenters. The Bertz CT molecular complexity index is 505. The van der Waals surface area contributed by atoms with E-state index in [0.717, 1.165) is 18.8 Å². The molecular weight excluding hydrogens is 234 g/mol. The molecule has 19 heavy (non-hydrogen) atoms. The minimum absolute atomic E-state index is 0.709. The number of aryl methyl sites for hydroxylation is 1. The van der Waals surface area contributed by atoms with Crippen LogP contribution in [0.15, 0.2) is 48.5 Å². The lowest BCUT2D eigenvalue weighted by Crippen LogP contribution is -2.12. The van der Waals surface area contributed by atoms with Crippen LogP contribution in [0.5, 0.6) is 5.75 Å². The summed E-state index contributed by atoms with van der Waals surface area (Å²) >= 11 is 0. The van der Waals surface area contributed by atoms with E-state index in [2.05, 4.69) is 48.6 Å². The monoisotopic (exact) mass is 255 g/mol. The van der Waals surface area contributed by atoms with E-state index < -0.39 is 0 Å². The lowest BCUT2D eigenvalue weighted by Gasteiger charge is -2.08. The van der Waals surface area contributed by atoms with Gasteiger partial charge in [-0.3, -0.25) is 0 Å². The van der Waals surface area contributed by atoms with Crippen molar-refractivity contribution in [3.05, 3.63) is 65.2 Å². The van der Waals surface area contributed by atoms with Gasteiger partial charge in [0.1, 0.15) is 5.75 Å². The van der Waals surface area contributed by atoms with Gasteiger partial charge in [0, 0.05) is 13.1 Å². The number of nitrogens with one attached hydrogen (secondary N) is 1. The summed E-state index contributed by atoms with van der Waals surface area (Å²) in [6.45, 7) is 6.56. The zero-order chi connectivity index (χ0) is 13.5. The SMILES string of the molecule is CCOc1cccc(CNCc2ccc(C)cc2)c1. The van der Waals surface area contributed by atoms with Crippen molar-refractivity contribution in [3.63, 3.8) is 0 Å². The molecule has 0 aromatic heterocycles. The van der Waals surface area contributed by atoms with Crippen LogP contribution in [0, 0.1) is 6.92 Å². The van der Waals surface area contributed by atoms with Gasteiger partial charge in [0.2, 0.25) is 0 Å². The molecular formula is C17H21NO. The molecule has 0 spiro atoms. The van der Waals surface area contributed by atoms with Crippen molar-refractivity contribution in [3.8, 4) is 5.75 Å². The highest BCUT2D eigenvalue weighted by Crippen LogP contribution is 2.13. The Morgan fingerprint density at radius 1 is 0.947 bits per heavy atom. The van der Waals surface area contributed by atoms with Crippen molar-refractivity contribution in [1.82, 2.24) is 5.32 Å². The number of rotatable bonds is 6. The van der Waals surface area contributed by atoms with E-state index in [9.17, 15) is 0 Å². The molecule has 1 N–H and O–H groups in total. The van der Waals surface area contributed by atoms with Gasteiger partial charge in [-0.25, -0.2) is 0 Å². The number of hydrogen-bond donors (Lipinski definition) is 1. The Hall–Kier alpha value is -1.80. The highest BCUT2D eigenvalue weighted by Gasteiger charge is 1.97. The molecule has 2 aromatic carbocycles. The van der Waals surface area contributed by atoms with Gasteiger partial charge >= 0.3 is 0 Å². The Kier molecular flexibility index (Phi) is 4.99. The molecule has 0 heterocycles. The molecule has 2 rings (SSSR count). The third kappa shape index (κ3) is 4.42. The predicted octanol–water partition coefficient (Wildman–Crippen LogP) is 3.68. The average molecular weight is 255 g/mol.